The second-order valence-corrected chi connectivity index (χ2v) is 7.45. The van der Waals surface area contributed by atoms with E-state index in [2.05, 4.69) is 25.6 Å². The molecule has 9 nitrogen and oxygen atoms in total. The lowest BCUT2D eigenvalue weighted by atomic mass is 10.1. The molecule has 0 aliphatic heterocycles. The monoisotopic (exact) mass is 423 g/mol. The van der Waals surface area contributed by atoms with E-state index in [1.165, 1.54) is 18.1 Å². The van der Waals surface area contributed by atoms with Crippen molar-refractivity contribution in [2.75, 3.05) is 5.75 Å². The van der Waals surface area contributed by atoms with Crippen LogP contribution in [0.2, 0.25) is 0 Å². The smallest absolute Gasteiger partial charge is 0.230 e. The van der Waals surface area contributed by atoms with Crippen molar-refractivity contribution >= 4 is 17.7 Å². The van der Waals surface area contributed by atoms with Crippen molar-refractivity contribution in [1.29, 1.82) is 0 Å². The Kier molecular flexibility index (Phi) is 6.23. The number of thioether (sulfide) groups is 1. The Morgan fingerprint density at radius 2 is 2.00 bits per heavy atom. The zero-order valence-corrected chi connectivity index (χ0v) is 17.2. The summed E-state index contributed by atoms with van der Waals surface area (Å²) in [5, 5.41) is 16.1. The number of rotatable bonds is 9. The Labute approximate surface area is 177 Å². The molecule has 3 heterocycles. The van der Waals surface area contributed by atoms with Crippen LogP contribution >= 0.6 is 11.8 Å². The van der Waals surface area contributed by atoms with Gasteiger partial charge in [0.05, 0.1) is 18.6 Å². The first-order chi connectivity index (χ1) is 14.7. The second kappa shape index (κ2) is 9.40. The molecule has 0 spiro atoms. The molecular formula is C20H21N7O2S. The van der Waals surface area contributed by atoms with Gasteiger partial charge >= 0.3 is 0 Å². The number of nitrogens with zero attached hydrogens (tertiary/aromatic N) is 6. The van der Waals surface area contributed by atoms with Crippen molar-refractivity contribution in [3.8, 4) is 11.6 Å². The highest BCUT2D eigenvalue weighted by Gasteiger charge is 2.16. The fourth-order valence-electron chi connectivity index (χ4n) is 2.91. The lowest BCUT2D eigenvalue weighted by molar-refractivity contribution is -0.118. The first kappa shape index (κ1) is 19.9. The molecule has 3 aromatic heterocycles. The van der Waals surface area contributed by atoms with Gasteiger partial charge in [-0.3, -0.25) is 9.36 Å². The minimum atomic E-state index is -0.0584. The van der Waals surface area contributed by atoms with Crippen LogP contribution in [0.15, 0.2) is 64.9 Å². The van der Waals surface area contributed by atoms with Crippen LogP contribution in [0.3, 0.4) is 0 Å². The van der Waals surface area contributed by atoms with Crippen LogP contribution in [0.5, 0.6) is 0 Å². The van der Waals surface area contributed by atoms with Crippen molar-refractivity contribution in [2.45, 2.75) is 31.7 Å². The second-order valence-electron chi connectivity index (χ2n) is 6.50. The predicted molar refractivity (Wildman–Crippen MR) is 112 cm³/mol. The van der Waals surface area contributed by atoms with Gasteiger partial charge in [-0.2, -0.15) is 5.10 Å². The maximum atomic E-state index is 12.3. The van der Waals surface area contributed by atoms with Gasteiger partial charge in [-0.05, 0) is 30.2 Å². The van der Waals surface area contributed by atoms with Crippen LogP contribution in [0.4, 0.5) is 0 Å². The van der Waals surface area contributed by atoms with Gasteiger partial charge in [0.1, 0.15) is 12.7 Å². The zero-order chi connectivity index (χ0) is 20.8. The number of amides is 1. The molecule has 30 heavy (non-hydrogen) atoms. The van der Waals surface area contributed by atoms with Crippen molar-refractivity contribution in [3.05, 3.63) is 66.4 Å². The molecule has 0 atom stereocenters. The van der Waals surface area contributed by atoms with E-state index in [9.17, 15) is 4.79 Å². The quantitative estimate of drug-likeness (QED) is 0.413. The van der Waals surface area contributed by atoms with Crippen molar-refractivity contribution < 1.29 is 9.21 Å². The summed E-state index contributed by atoms with van der Waals surface area (Å²) in [7, 11) is 0. The summed E-state index contributed by atoms with van der Waals surface area (Å²) in [6, 6.07) is 11.7. The predicted octanol–water partition coefficient (Wildman–Crippen LogP) is 2.61. The molecule has 0 bridgehead atoms. The third-order valence-corrected chi connectivity index (χ3v) is 5.40. The molecule has 0 saturated heterocycles. The number of hydrogen-bond acceptors (Lipinski definition) is 7. The lowest BCUT2D eigenvalue weighted by Gasteiger charge is -2.08. The highest BCUT2D eigenvalue weighted by molar-refractivity contribution is 7.99. The van der Waals surface area contributed by atoms with E-state index >= 15 is 0 Å². The first-order valence-electron chi connectivity index (χ1n) is 9.49. The van der Waals surface area contributed by atoms with Crippen LogP contribution in [0, 0.1) is 0 Å². The Balaban J connectivity index is 1.27. The number of carbonyl (C=O) groups is 1. The van der Waals surface area contributed by atoms with Gasteiger partial charge in [0.2, 0.25) is 5.91 Å². The van der Waals surface area contributed by atoms with Crippen LogP contribution in [-0.4, -0.2) is 41.2 Å². The third-order valence-electron chi connectivity index (χ3n) is 4.43. The van der Waals surface area contributed by atoms with Gasteiger partial charge in [-0.25, -0.2) is 9.67 Å². The fourth-order valence-corrected chi connectivity index (χ4v) is 3.75. The van der Waals surface area contributed by atoms with E-state index < -0.39 is 0 Å². The summed E-state index contributed by atoms with van der Waals surface area (Å²) in [6.07, 6.45) is 4.80. The van der Waals surface area contributed by atoms with Crippen LogP contribution in [-0.2, 0) is 24.4 Å². The molecule has 0 radical (unpaired) electrons. The van der Waals surface area contributed by atoms with Gasteiger partial charge in [0.25, 0.3) is 0 Å². The minimum Gasteiger partial charge on any atom is -0.461 e. The van der Waals surface area contributed by atoms with Crippen molar-refractivity contribution in [1.82, 2.24) is 34.8 Å². The summed E-state index contributed by atoms with van der Waals surface area (Å²) in [5.74, 6) is 1.53. The summed E-state index contributed by atoms with van der Waals surface area (Å²) in [5.41, 5.74) is 2.16. The van der Waals surface area contributed by atoms with Gasteiger partial charge in [0.15, 0.2) is 16.7 Å². The molecule has 0 unspecified atom stereocenters. The van der Waals surface area contributed by atoms with E-state index in [0.717, 1.165) is 11.1 Å². The molecule has 0 saturated carbocycles. The largest absolute Gasteiger partial charge is 0.461 e. The summed E-state index contributed by atoms with van der Waals surface area (Å²) >= 11 is 1.36. The molecular weight excluding hydrogens is 402 g/mol. The number of nitrogens with one attached hydrogen (secondary N) is 1. The standard InChI is InChI=1S/C20H21N7O2S/c1-2-27-19(17-4-3-9-29-17)24-25-20(27)30-12-18(28)22-10-15-5-7-16(8-6-15)11-26-14-21-13-23-26/h3-9,13-14H,2,10-12H2,1H3,(H,22,28). The normalized spacial score (nSPS) is 11.0. The minimum absolute atomic E-state index is 0.0584. The molecule has 10 heteroatoms. The molecule has 0 aliphatic rings. The number of carbonyl (C=O) groups excluding carboxylic acids is 1. The Morgan fingerprint density at radius 1 is 1.17 bits per heavy atom. The topological polar surface area (TPSA) is 104 Å². The highest BCUT2D eigenvalue weighted by Crippen LogP contribution is 2.24. The zero-order valence-electron chi connectivity index (χ0n) is 16.4. The average molecular weight is 424 g/mol. The molecule has 1 aromatic carbocycles. The maximum Gasteiger partial charge on any atom is 0.230 e. The Bertz CT molecular complexity index is 1070. The molecule has 4 rings (SSSR count). The summed E-state index contributed by atoms with van der Waals surface area (Å²) in [4.78, 5) is 16.2. The van der Waals surface area contributed by atoms with Crippen LogP contribution in [0.1, 0.15) is 18.1 Å². The van der Waals surface area contributed by atoms with E-state index in [4.69, 9.17) is 4.42 Å². The molecule has 4 aromatic rings. The number of aromatic nitrogens is 6. The summed E-state index contributed by atoms with van der Waals surface area (Å²) < 4.78 is 9.11. The van der Waals surface area contributed by atoms with Crippen molar-refractivity contribution in [2.24, 2.45) is 0 Å². The number of hydrogen-bond donors (Lipinski definition) is 1. The molecule has 0 fully saturated rings. The average Bonchev–Trinajstić information content (AvgIpc) is 3.53. The third kappa shape index (κ3) is 4.77. The van der Waals surface area contributed by atoms with E-state index in [1.54, 1.807) is 17.3 Å². The van der Waals surface area contributed by atoms with E-state index in [1.807, 2.05) is 47.9 Å². The van der Waals surface area contributed by atoms with Gasteiger partial charge < -0.3 is 9.73 Å². The molecule has 154 valence electrons. The number of furan rings is 1. The number of benzene rings is 1. The SMILES string of the molecule is CCn1c(SCC(=O)NCc2ccc(Cn3cncn3)cc2)nnc1-c1ccco1. The molecule has 0 aliphatic carbocycles. The summed E-state index contributed by atoms with van der Waals surface area (Å²) in [6.45, 7) is 3.84. The van der Waals surface area contributed by atoms with Crippen LogP contribution in [0.25, 0.3) is 11.6 Å². The van der Waals surface area contributed by atoms with Crippen molar-refractivity contribution in [3.63, 3.8) is 0 Å². The van der Waals surface area contributed by atoms with E-state index in [0.29, 0.717) is 36.4 Å². The maximum absolute atomic E-state index is 12.3. The fraction of sp³-hybridized carbons (Fsp3) is 0.250. The first-order valence-corrected chi connectivity index (χ1v) is 10.5. The van der Waals surface area contributed by atoms with Gasteiger partial charge in [-0.15, -0.1) is 10.2 Å². The van der Waals surface area contributed by atoms with E-state index in [-0.39, 0.29) is 11.7 Å². The van der Waals surface area contributed by atoms with Gasteiger partial charge in [0, 0.05) is 13.1 Å². The Morgan fingerprint density at radius 3 is 2.70 bits per heavy atom. The lowest BCUT2D eigenvalue weighted by Crippen LogP contribution is -2.24. The van der Waals surface area contributed by atoms with Gasteiger partial charge in [-0.1, -0.05) is 36.0 Å². The molecule has 1 N–H and O–H groups in total. The molecule has 1 amide bonds. The Hall–Kier alpha value is -3.40. The highest BCUT2D eigenvalue weighted by atomic mass is 32.2. The van der Waals surface area contributed by atoms with Crippen LogP contribution < -0.4 is 5.32 Å².